The van der Waals surface area contributed by atoms with E-state index in [1.807, 2.05) is 0 Å². The van der Waals surface area contributed by atoms with E-state index >= 15 is 0 Å². The molecular weight excluding hydrogens is 302 g/mol. The van der Waals surface area contributed by atoms with E-state index in [0.717, 1.165) is 39.3 Å². The molecule has 0 amide bonds. The number of nitrogens with one attached hydrogen (secondary N) is 2. The fourth-order valence-electron chi connectivity index (χ4n) is 2.53. The summed E-state index contributed by atoms with van der Waals surface area (Å²) in [6.07, 6.45) is 0. The first-order chi connectivity index (χ1) is 9.09. The summed E-state index contributed by atoms with van der Waals surface area (Å²) in [6, 6.07) is 8.40. The van der Waals surface area contributed by atoms with Gasteiger partial charge in [0.15, 0.2) is 0 Å². The molecule has 1 fully saturated rings. The van der Waals surface area contributed by atoms with Gasteiger partial charge in [0.05, 0.1) is 0 Å². The molecule has 1 aromatic carbocycles. The van der Waals surface area contributed by atoms with Crippen LogP contribution in [0.1, 0.15) is 19.4 Å². The lowest BCUT2D eigenvalue weighted by atomic mass is 10.0. The first kappa shape index (κ1) is 15.0. The molecule has 0 atom stereocenters. The van der Waals surface area contributed by atoms with Crippen LogP contribution in [0.25, 0.3) is 0 Å². The maximum atomic E-state index is 3.59. The first-order valence-electron chi connectivity index (χ1n) is 6.99. The summed E-state index contributed by atoms with van der Waals surface area (Å²) in [5.74, 6) is 0. The van der Waals surface area contributed by atoms with Crippen molar-refractivity contribution in [2.45, 2.75) is 25.9 Å². The lowest BCUT2D eigenvalue weighted by molar-refractivity contribution is 0.102. The molecule has 1 aromatic rings. The highest BCUT2D eigenvalue weighted by molar-refractivity contribution is 9.10. The van der Waals surface area contributed by atoms with Crippen LogP contribution in [-0.2, 0) is 6.54 Å². The largest absolute Gasteiger partial charge is 0.314 e. The lowest BCUT2D eigenvalue weighted by Crippen LogP contribution is -2.57. The van der Waals surface area contributed by atoms with Crippen LogP contribution in [0.4, 0.5) is 0 Å². The van der Waals surface area contributed by atoms with Gasteiger partial charge in [-0.05, 0) is 25.5 Å². The molecule has 106 valence electrons. The molecule has 0 radical (unpaired) electrons. The van der Waals surface area contributed by atoms with Crippen LogP contribution < -0.4 is 10.6 Å². The van der Waals surface area contributed by atoms with Gasteiger partial charge in [-0.15, -0.1) is 0 Å². The molecule has 19 heavy (non-hydrogen) atoms. The number of hydrogen-bond donors (Lipinski definition) is 2. The minimum atomic E-state index is 0.212. The molecule has 1 heterocycles. The predicted molar refractivity (Wildman–Crippen MR) is 84.4 cm³/mol. The number of hydrogen-bond acceptors (Lipinski definition) is 3. The van der Waals surface area contributed by atoms with Gasteiger partial charge in [-0.25, -0.2) is 0 Å². The molecule has 0 unspecified atom stereocenters. The third kappa shape index (κ3) is 4.28. The number of rotatable bonds is 5. The van der Waals surface area contributed by atoms with Crippen LogP contribution in [0.15, 0.2) is 28.7 Å². The van der Waals surface area contributed by atoms with E-state index in [1.165, 1.54) is 10.0 Å². The Morgan fingerprint density at radius 2 is 1.95 bits per heavy atom. The van der Waals surface area contributed by atoms with Gasteiger partial charge in [-0.1, -0.05) is 34.1 Å². The molecule has 1 saturated heterocycles. The van der Waals surface area contributed by atoms with Crippen molar-refractivity contribution in [1.82, 2.24) is 15.5 Å². The Bertz CT molecular complexity index is 400. The zero-order valence-electron chi connectivity index (χ0n) is 11.9. The molecule has 0 saturated carbocycles. The van der Waals surface area contributed by atoms with E-state index in [0.29, 0.717) is 0 Å². The molecule has 0 aliphatic carbocycles. The fraction of sp³-hybridized carbons (Fsp3) is 0.600. The van der Waals surface area contributed by atoms with Crippen molar-refractivity contribution in [1.29, 1.82) is 0 Å². The van der Waals surface area contributed by atoms with Crippen molar-refractivity contribution in [3.8, 4) is 0 Å². The SMILES string of the molecule is CC(C)(CNCc1ccccc1Br)N1CCNCC1. The van der Waals surface area contributed by atoms with E-state index in [4.69, 9.17) is 0 Å². The second kappa shape index (κ2) is 6.84. The highest BCUT2D eigenvalue weighted by atomic mass is 79.9. The Morgan fingerprint density at radius 1 is 1.26 bits per heavy atom. The number of nitrogens with zero attached hydrogens (tertiary/aromatic N) is 1. The minimum Gasteiger partial charge on any atom is -0.314 e. The van der Waals surface area contributed by atoms with Crippen LogP contribution in [0, 0.1) is 0 Å². The van der Waals surface area contributed by atoms with Gasteiger partial charge in [0.1, 0.15) is 0 Å². The van der Waals surface area contributed by atoms with Crippen LogP contribution in [0.3, 0.4) is 0 Å². The molecule has 1 aliphatic rings. The van der Waals surface area contributed by atoms with E-state index in [1.54, 1.807) is 0 Å². The molecule has 3 nitrogen and oxygen atoms in total. The van der Waals surface area contributed by atoms with Crippen molar-refractivity contribution < 1.29 is 0 Å². The Balaban J connectivity index is 1.82. The average molecular weight is 326 g/mol. The predicted octanol–water partition coefficient (Wildman–Crippen LogP) is 2.22. The van der Waals surface area contributed by atoms with Gasteiger partial charge in [-0.2, -0.15) is 0 Å². The molecule has 0 bridgehead atoms. The summed E-state index contributed by atoms with van der Waals surface area (Å²) in [5, 5.41) is 7.00. The highest BCUT2D eigenvalue weighted by Crippen LogP contribution is 2.17. The topological polar surface area (TPSA) is 27.3 Å². The van der Waals surface area contributed by atoms with E-state index in [-0.39, 0.29) is 5.54 Å². The molecule has 0 aromatic heterocycles. The highest BCUT2D eigenvalue weighted by Gasteiger charge is 2.27. The van der Waals surface area contributed by atoms with E-state index in [9.17, 15) is 0 Å². The van der Waals surface area contributed by atoms with Crippen LogP contribution in [0.2, 0.25) is 0 Å². The minimum absolute atomic E-state index is 0.212. The zero-order valence-corrected chi connectivity index (χ0v) is 13.5. The molecule has 1 aliphatic heterocycles. The summed E-state index contributed by atoms with van der Waals surface area (Å²) in [5.41, 5.74) is 1.53. The molecule has 4 heteroatoms. The van der Waals surface area contributed by atoms with Crippen molar-refractivity contribution in [3.05, 3.63) is 34.3 Å². The van der Waals surface area contributed by atoms with Crippen molar-refractivity contribution >= 4 is 15.9 Å². The van der Waals surface area contributed by atoms with E-state index in [2.05, 4.69) is 69.6 Å². The van der Waals surface area contributed by atoms with Gasteiger partial charge in [0.25, 0.3) is 0 Å². The summed E-state index contributed by atoms with van der Waals surface area (Å²) in [4.78, 5) is 2.57. The van der Waals surface area contributed by atoms with Gasteiger partial charge >= 0.3 is 0 Å². The monoisotopic (exact) mass is 325 g/mol. The Labute approximate surface area is 124 Å². The van der Waals surface area contributed by atoms with Crippen molar-refractivity contribution in [3.63, 3.8) is 0 Å². The van der Waals surface area contributed by atoms with Crippen LogP contribution in [0.5, 0.6) is 0 Å². The van der Waals surface area contributed by atoms with Crippen LogP contribution >= 0.6 is 15.9 Å². The van der Waals surface area contributed by atoms with Gasteiger partial charge in [0, 0.05) is 49.3 Å². The van der Waals surface area contributed by atoms with Gasteiger partial charge in [0.2, 0.25) is 0 Å². The van der Waals surface area contributed by atoms with Gasteiger partial charge < -0.3 is 10.6 Å². The first-order valence-corrected chi connectivity index (χ1v) is 7.79. The second-order valence-corrected chi connectivity index (χ2v) is 6.60. The fourth-order valence-corrected chi connectivity index (χ4v) is 2.95. The number of halogens is 1. The summed E-state index contributed by atoms with van der Waals surface area (Å²) in [7, 11) is 0. The van der Waals surface area contributed by atoms with Crippen LogP contribution in [-0.4, -0.2) is 43.2 Å². The lowest BCUT2D eigenvalue weighted by Gasteiger charge is -2.41. The number of benzene rings is 1. The maximum absolute atomic E-state index is 3.59. The van der Waals surface area contributed by atoms with Crippen molar-refractivity contribution in [2.24, 2.45) is 0 Å². The zero-order chi connectivity index (χ0) is 13.7. The van der Waals surface area contributed by atoms with Gasteiger partial charge in [-0.3, -0.25) is 4.90 Å². The maximum Gasteiger partial charge on any atom is 0.0278 e. The van der Waals surface area contributed by atoms with Crippen molar-refractivity contribution in [2.75, 3.05) is 32.7 Å². The summed E-state index contributed by atoms with van der Waals surface area (Å²) in [6.45, 7) is 11.1. The van der Waals surface area contributed by atoms with E-state index < -0.39 is 0 Å². The average Bonchev–Trinajstić information content (AvgIpc) is 2.42. The Morgan fingerprint density at radius 3 is 2.63 bits per heavy atom. The molecule has 2 N–H and O–H groups in total. The molecule has 2 rings (SSSR count). The molecule has 0 spiro atoms. The third-order valence-electron chi connectivity index (χ3n) is 3.80. The quantitative estimate of drug-likeness (QED) is 0.869. The number of piperazine rings is 1. The second-order valence-electron chi connectivity index (χ2n) is 5.74. The smallest absolute Gasteiger partial charge is 0.0278 e. The normalized spacial score (nSPS) is 17.6. The summed E-state index contributed by atoms with van der Waals surface area (Å²) < 4.78 is 1.18. The Hall–Kier alpha value is -0.420. The standard InChI is InChI=1S/C15H24BrN3/c1-15(2,19-9-7-17-8-10-19)12-18-11-13-5-3-4-6-14(13)16/h3-6,17-18H,7-12H2,1-2H3. The summed E-state index contributed by atoms with van der Waals surface area (Å²) >= 11 is 3.59. The third-order valence-corrected chi connectivity index (χ3v) is 4.58. The molecular formula is C15H24BrN3. The Kier molecular flexibility index (Phi) is 5.39.